The van der Waals surface area contributed by atoms with E-state index in [9.17, 15) is 18.4 Å². The van der Waals surface area contributed by atoms with E-state index in [2.05, 4.69) is 21.7 Å². The average molecular weight is 558 g/mol. The predicted octanol–water partition coefficient (Wildman–Crippen LogP) is 4.20. The summed E-state index contributed by atoms with van der Waals surface area (Å²) in [5.41, 5.74) is 3.38. The Morgan fingerprint density at radius 1 is 1.02 bits per heavy atom. The molecule has 41 heavy (non-hydrogen) atoms. The zero-order chi connectivity index (χ0) is 28.2. The van der Waals surface area contributed by atoms with Crippen molar-refractivity contribution in [3.63, 3.8) is 0 Å². The molecule has 2 aromatic heterocycles. The summed E-state index contributed by atoms with van der Waals surface area (Å²) in [6.07, 6.45) is 9.77. The number of amides is 2. The Morgan fingerprint density at radius 2 is 1.83 bits per heavy atom. The highest BCUT2D eigenvalue weighted by Gasteiger charge is 2.51. The number of anilines is 1. The second kappa shape index (κ2) is 9.98. The fraction of sp³-hybridized carbons (Fsp3) is 0.438. The Balaban J connectivity index is 1.07. The molecule has 1 saturated carbocycles. The molecule has 2 spiro atoms. The van der Waals surface area contributed by atoms with Gasteiger partial charge in [0.05, 0.1) is 11.0 Å². The number of halogens is 2. The fourth-order valence-corrected chi connectivity index (χ4v) is 7.48. The summed E-state index contributed by atoms with van der Waals surface area (Å²) in [7, 11) is 0. The maximum atomic E-state index is 14.1. The molecule has 1 aromatic carbocycles. The van der Waals surface area contributed by atoms with Crippen LogP contribution in [0.3, 0.4) is 0 Å². The summed E-state index contributed by atoms with van der Waals surface area (Å²) in [6.45, 7) is 1.48. The van der Waals surface area contributed by atoms with Crippen LogP contribution in [0.4, 0.5) is 14.6 Å². The first-order valence-electron chi connectivity index (χ1n) is 14.6. The molecular weight excluding hydrogens is 524 g/mol. The van der Waals surface area contributed by atoms with Gasteiger partial charge in [-0.25, -0.2) is 13.8 Å². The first-order valence-corrected chi connectivity index (χ1v) is 14.6. The molecule has 2 N–H and O–H groups in total. The van der Waals surface area contributed by atoms with E-state index in [4.69, 9.17) is 4.98 Å². The number of fused-ring (bicyclic) bond motifs is 3. The summed E-state index contributed by atoms with van der Waals surface area (Å²) in [5, 5.41) is 6.45. The van der Waals surface area contributed by atoms with Gasteiger partial charge < -0.3 is 15.5 Å². The maximum absolute atomic E-state index is 14.1. The smallest absolute Gasteiger partial charge is 0.242 e. The van der Waals surface area contributed by atoms with Crippen LogP contribution in [0, 0.1) is 11.6 Å². The maximum Gasteiger partial charge on any atom is 0.242 e. The van der Waals surface area contributed by atoms with Gasteiger partial charge in [0.2, 0.25) is 11.8 Å². The van der Waals surface area contributed by atoms with Crippen LogP contribution < -0.4 is 10.6 Å². The minimum absolute atomic E-state index is 0.0207. The topological polar surface area (TPSA) is 87.2 Å². The summed E-state index contributed by atoms with van der Waals surface area (Å²) in [6, 6.07) is 9.65. The van der Waals surface area contributed by atoms with Gasteiger partial charge in [-0.15, -0.1) is 0 Å². The van der Waals surface area contributed by atoms with Gasteiger partial charge in [-0.2, -0.15) is 0 Å². The number of nitrogens with one attached hydrogen (secondary N) is 2. The van der Waals surface area contributed by atoms with E-state index < -0.39 is 22.6 Å². The van der Waals surface area contributed by atoms with Gasteiger partial charge >= 0.3 is 0 Å². The van der Waals surface area contributed by atoms with Crippen molar-refractivity contribution in [2.24, 2.45) is 0 Å². The Labute approximate surface area is 237 Å². The van der Waals surface area contributed by atoms with Crippen molar-refractivity contribution >= 4 is 17.6 Å². The lowest BCUT2D eigenvalue weighted by Gasteiger charge is -2.32. The molecule has 2 aliphatic heterocycles. The minimum atomic E-state index is -0.649. The van der Waals surface area contributed by atoms with Crippen molar-refractivity contribution in [2.45, 2.75) is 68.2 Å². The largest absolute Gasteiger partial charge is 0.340 e. The molecule has 2 fully saturated rings. The van der Waals surface area contributed by atoms with Gasteiger partial charge in [0.25, 0.3) is 0 Å². The van der Waals surface area contributed by atoms with E-state index >= 15 is 0 Å². The number of pyridine rings is 2. The van der Waals surface area contributed by atoms with Crippen LogP contribution in [0.2, 0.25) is 0 Å². The van der Waals surface area contributed by atoms with Crippen molar-refractivity contribution < 1.29 is 18.4 Å². The highest BCUT2D eigenvalue weighted by atomic mass is 19.1. The Bertz CT molecular complexity index is 1520. The first kappa shape index (κ1) is 26.2. The molecule has 4 aliphatic rings. The zero-order valence-corrected chi connectivity index (χ0v) is 22.9. The molecule has 4 heterocycles. The lowest BCUT2D eigenvalue weighted by molar-refractivity contribution is -0.137. The summed E-state index contributed by atoms with van der Waals surface area (Å²) in [5.74, 6) is -0.675. The minimum Gasteiger partial charge on any atom is -0.340 e. The number of aromatic nitrogens is 2. The van der Waals surface area contributed by atoms with Crippen LogP contribution in [0.5, 0.6) is 0 Å². The molecule has 0 radical (unpaired) electrons. The monoisotopic (exact) mass is 557 g/mol. The van der Waals surface area contributed by atoms with E-state index in [1.165, 1.54) is 12.1 Å². The summed E-state index contributed by atoms with van der Waals surface area (Å²) >= 11 is 0. The molecular formula is C32H33F2N5O2. The highest BCUT2D eigenvalue weighted by molar-refractivity contribution is 6.06. The first-order chi connectivity index (χ1) is 19.8. The molecule has 0 bridgehead atoms. The second-order valence-corrected chi connectivity index (χ2v) is 12.2. The SMILES string of the molecule is O=C1N(CCCc2cnc3c(c2)C[C@@]2(C3)C(=O)Nc3ncccc32)CC(c2cc(F)cc(F)c2)CNC12CCCC2. The number of carbonyl (C=O) groups excluding carboxylic acids is 2. The quantitative estimate of drug-likeness (QED) is 0.491. The van der Waals surface area contributed by atoms with E-state index in [1.54, 1.807) is 6.20 Å². The average Bonchev–Trinajstić information content (AvgIpc) is 3.63. The fourth-order valence-electron chi connectivity index (χ4n) is 7.48. The molecule has 2 atom stereocenters. The third-order valence-electron chi connectivity index (χ3n) is 9.60. The highest BCUT2D eigenvalue weighted by Crippen LogP contribution is 2.46. The Kier molecular flexibility index (Phi) is 6.37. The predicted molar refractivity (Wildman–Crippen MR) is 149 cm³/mol. The molecule has 7 rings (SSSR count). The second-order valence-electron chi connectivity index (χ2n) is 12.2. The van der Waals surface area contributed by atoms with Crippen LogP contribution in [-0.4, -0.2) is 51.9 Å². The molecule has 9 heteroatoms. The van der Waals surface area contributed by atoms with Gasteiger partial charge in [0.1, 0.15) is 17.5 Å². The Morgan fingerprint density at radius 3 is 2.63 bits per heavy atom. The normalized spacial score (nSPS) is 24.5. The van der Waals surface area contributed by atoms with Crippen molar-refractivity contribution in [3.8, 4) is 0 Å². The van der Waals surface area contributed by atoms with E-state index in [-0.39, 0.29) is 17.7 Å². The van der Waals surface area contributed by atoms with E-state index in [0.29, 0.717) is 43.9 Å². The van der Waals surface area contributed by atoms with Crippen LogP contribution >= 0.6 is 0 Å². The lowest BCUT2D eigenvalue weighted by Crippen LogP contribution is -2.54. The van der Waals surface area contributed by atoms with Crippen LogP contribution in [0.25, 0.3) is 0 Å². The van der Waals surface area contributed by atoms with Crippen molar-refractivity contribution in [1.82, 2.24) is 20.2 Å². The number of aryl methyl sites for hydroxylation is 1. The lowest BCUT2D eigenvalue weighted by atomic mass is 9.80. The third-order valence-corrected chi connectivity index (χ3v) is 9.60. The standard InChI is InChI=1S/C32H33F2N5O2/c33-24-12-21(13-25(34)14-24)23-18-37-32(7-1-2-8-32)30(41)39(19-23)10-4-5-20-11-22-15-31(16-27(22)36-17-20)26-6-3-9-35-28(26)38-29(31)40/h3,6,9,11-14,17,23,37H,1-2,4-5,7-8,10,15-16,18-19H2,(H,35,38,40)/t23?,31-/m0/s1. The molecule has 2 aliphatic carbocycles. The third kappa shape index (κ3) is 4.51. The molecule has 212 valence electrons. The van der Waals surface area contributed by atoms with E-state index in [0.717, 1.165) is 67.0 Å². The van der Waals surface area contributed by atoms with E-state index in [1.807, 2.05) is 23.2 Å². The number of hydrogen-bond donors (Lipinski definition) is 2. The van der Waals surface area contributed by atoms with Crippen molar-refractivity contribution in [1.29, 1.82) is 0 Å². The summed E-state index contributed by atoms with van der Waals surface area (Å²) in [4.78, 5) is 37.8. The molecule has 2 amide bonds. The molecule has 7 nitrogen and oxygen atoms in total. The van der Waals surface area contributed by atoms with Gasteiger partial charge in [-0.3, -0.25) is 14.6 Å². The Hall–Kier alpha value is -3.72. The number of rotatable bonds is 5. The van der Waals surface area contributed by atoms with Gasteiger partial charge in [-0.1, -0.05) is 25.0 Å². The number of hydrogen-bond acceptors (Lipinski definition) is 5. The van der Waals surface area contributed by atoms with Gasteiger partial charge in [0.15, 0.2) is 0 Å². The van der Waals surface area contributed by atoms with Crippen LogP contribution in [0.1, 0.15) is 66.0 Å². The number of carbonyl (C=O) groups is 2. The van der Waals surface area contributed by atoms with Crippen molar-refractivity contribution in [3.05, 3.63) is 88.4 Å². The van der Waals surface area contributed by atoms with Crippen LogP contribution in [-0.2, 0) is 34.3 Å². The summed E-state index contributed by atoms with van der Waals surface area (Å²) < 4.78 is 28.1. The molecule has 1 saturated heterocycles. The number of nitrogens with zero attached hydrogens (tertiary/aromatic N) is 3. The van der Waals surface area contributed by atoms with Gasteiger partial charge in [-0.05, 0) is 67.0 Å². The van der Waals surface area contributed by atoms with Crippen molar-refractivity contribution in [2.75, 3.05) is 25.0 Å². The number of benzene rings is 1. The van der Waals surface area contributed by atoms with Gasteiger partial charge in [0, 0.05) is 61.7 Å². The molecule has 1 unspecified atom stereocenters. The molecule has 3 aromatic rings. The van der Waals surface area contributed by atoms with Crippen LogP contribution in [0.15, 0.2) is 48.8 Å². The zero-order valence-electron chi connectivity index (χ0n) is 22.9.